The van der Waals surface area contributed by atoms with Crippen molar-refractivity contribution in [3.8, 4) is 0 Å². The molecule has 1 aliphatic heterocycles. The van der Waals surface area contributed by atoms with Gasteiger partial charge in [0.05, 0.1) is 0 Å². The molecule has 1 fully saturated rings. The molecule has 1 amide bonds. The van der Waals surface area contributed by atoms with E-state index in [1.54, 1.807) is 12.1 Å². The van der Waals surface area contributed by atoms with E-state index in [0.717, 1.165) is 25.8 Å². The van der Waals surface area contributed by atoms with Gasteiger partial charge in [-0.2, -0.15) is 0 Å². The minimum atomic E-state index is -0.296. The van der Waals surface area contributed by atoms with Crippen LogP contribution in [-0.4, -0.2) is 30.4 Å². The van der Waals surface area contributed by atoms with E-state index in [0.29, 0.717) is 36.6 Å². The molecule has 1 saturated heterocycles. The van der Waals surface area contributed by atoms with Crippen LogP contribution in [0.1, 0.15) is 31.2 Å². The van der Waals surface area contributed by atoms with Crippen LogP contribution in [0, 0.1) is 5.82 Å². The van der Waals surface area contributed by atoms with Gasteiger partial charge in [-0.15, -0.1) is 12.4 Å². The lowest BCUT2D eigenvalue weighted by atomic mass is 10.2. The monoisotopic (exact) mass is 334 g/mol. The normalized spacial score (nSPS) is 15.5. The van der Waals surface area contributed by atoms with Crippen LogP contribution in [0.4, 0.5) is 4.39 Å². The standard InChI is InChI=1S/C15H20ClFN2O.ClH/c16-13-5-4-6-14(17)12(13)11-18-8-10-19-9-3-1-2-7-15(19)20;/h4-6,18H,1-3,7-11H2;1H. The van der Waals surface area contributed by atoms with Crippen molar-refractivity contribution >= 4 is 29.9 Å². The molecule has 118 valence electrons. The van der Waals surface area contributed by atoms with Gasteiger partial charge < -0.3 is 10.2 Å². The van der Waals surface area contributed by atoms with E-state index >= 15 is 0 Å². The van der Waals surface area contributed by atoms with Crippen molar-refractivity contribution in [3.63, 3.8) is 0 Å². The van der Waals surface area contributed by atoms with Crippen LogP contribution in [0.15, 0.2) is 18.2 Å². The highest BCUT2D eigenvalue weighted by molar-refractivity contribution is 6.31. The molecule has 21 heavy (non-hydrogen) atoms. The van der Waals surface area contributed by atoms with Gasteiger partial charge in [0, 0.05) is 43.2 Å². The van der Waals surface area contributed by atoms with Crippen LogP contribution in [0.2, 0.25) is 5.02 Å². The Morgan fingerprint density at radius 3 is 2.86 bits per heavy atom. The van der Waals surface area contributed by atoms with Gasteiger partial charge in [0.25, 0.3) is 0 Å². The van der Waals surface area contributed by atoms with Gasteiger partial charge in [0.15, 0.2) is 0 Å². The Morgan fingerprint density at radius 1 is 1.29 bits per heavy atom. The van der Waals surface area contributed by atoms with Crippen LogP contribution in [-0.2, 0) is 11.3 Å². The molecule has 0 aliphatic carbocycles. The van der Waals surface area contributed by atoms with Crippen LogP contribution in [0.3, 0.4) is 0 Å². The fourth-order valence-electron chi connectivity index (χ4n) is 2.40. The third-order valence-electron chi connectivity index (χ3n) is 3.59. The van der Waals surface area contributed by atoms with Crippen molar-refractivity contribution in [1.29, 1.82) is 0 Å². The molecule has 0 bridgehead atoms. The smallest absolute Gasteiger partial charge is 0.222 e. The molecular weight excluding hydrogens is 314 g/mol. The first-order valence-electron chi connectivity index (χ1n) is 7.10. The zero-order chi connectivity index (χ0) is 14.4. The molecule has 3 nitrogen and oxygen atoms in total. The van der Waals surface area contributed by atoms with Crippen molar-refractivity contribution in [2.45, 2.75) is 32.2 Å². The lowest BCUT2D eigenvalue weighted by molar-refractivity contribution is -0.130. The number of halogens is 3. The molecule has 0 atom stereocenters. The molecular formula is C15H21Cl2FN2O. The number of hydrogen-bond acceptors (Lipinski definition) is 2. The predicted molar refractivity (Wildman–Crippen MR) is 85.4 cm³/mol. The summed E-state index contributed by atoms with van der Waals surface area (Å²) in [5, 5.41) is 3.59. The van der Waals surface area contributed by atoms with E-state index in [-0.39, 0.29) is 24.1 Å². The molecule has 1 aromatic carbocycles. The van der Waals surface area contributed by atoms with Gasteiger partial charge >= 0.3 is 0 Å². The van der Waals surface area contributed by atoms with Gasteiger partial charge in [0.1, 0.15) is 5.82 Å². The van der Waals surface area contributed by atoms with Gasteiger partial charge in [0.2, 0.25) is 5.91 Å². The molecule has 2 rings (SSSR count). The zero-order valence-corrected chi connectivity index (χ0v) is 13.5. The Bertz CT molecular complexity index is 451. The fourth-order valence-corrected chi connectivity index (χ4v) is 2.63. The maximum absolute atomic E-state index is 13.6. The van der Waals surface area contributed by atoms with Gasteiger partial charge in [-0.3, -0.25) is 4.79 Å². The summed E-state index contributed by atoms with van der Waals surface area (Å²) in [4.78, 5) is 13.7. The number of carbonyl (C=O) groups excluding carboxylic acids is 1. The molecule has 0 radical (unpaired) electrons. The predicted octanol–water partition coefficient (Wildman–Crippen LogP) is 3.39. The number of benzene rings is 1. The number of rotatable bonds is 5. The second-order valence-corrected chi connectivity index (χ2v) is 5.48. The largest absolute Gasteiger partial charge is 0.341 e. The second kappa shape index (κ2) is 9.23. The van der Waals surface area contributed by atoms with E-state index in [1.165, 1.54) is 6.07 Å². The molecule has 1 N–H and O–H groups in total. The van der Waals surface area contributed by atoms with E-state index in [1.807, 2.05) is 4.90 Å². The molecule has 1 aliphatic rings. The Hall–Kier alpha value is -0.840. The van der Waals surface area contributed by atoms with Crippen LogP contribution < -0.4 is 5.32 Å². The molecule has 0 saturated carbocycles. The van der Waals surface area contributed by atoms with Crippen LogP contribution >= 0.6 is 24.0 Å². The van der Waals surface area contributed by atoms with Crippen LogP contribution in [0.25, 0.3) is 0 Å². The van der Waals surface area contributed by atoms with E-state index in [9.17, 15) is 9.18 Å². The Labute approximate surface area is 136 Å². The first-order chi connectivity index (χ1) is 9.68. The highest BCUT2D eigenvalue weighted by atomic mass is 35.5. The number of carbonyl (C=O) groups is 1. The Balaban J connectivity index is 0.00000220. The molecule has 0 aromatic heterocycles. The van der Waals surface area contributed by atoms with Crippen molar-refractivity contribution < 1.29 is 9.18 Å². The third-order valence-corrected chi connectivity index (χ3v) is 3.95. The van der Waals surface area contributed by atoms with Gasteiger partial charge in [-0.05, 0) is 25.0 Å². The lowest BCUT2D eigenvalue weighted by Crippen LogP contribution is -2.36. The molecule has 1 heterocycles. The molecule has 6 heteroatoms. The summed E-state index contributed by atoms with van der Waals surface area (Å²) in [5.74, 6) is -0.0657. The summed E-state index contributed by atoms with van der Waals surface area (Å²) < 4.78 is 13.6. The number of hydrogen-bond donors (Lipinski definition) is 1. The molecule has 0 unspecified atom stereocenters. The van der Waals surface area contributed by atoms with E-state index < -0.39 is 0 Å². The zero-order valence-electron chi connectivity index (χ0n) is 11.9. The second-order valence-electron chi connectivity index (χ2n) is 5.07. The summed E-state index contributed by atoms with van der Waals surface area (Å²) >= 11 is 5.96. The maximum atomic E-state index is 13.6. The number of nitrogens with zero attached hydrogens (tertiary/aromatic N) is 1. The third kappa shape index (κ3) is 5.46. The summed E-state index contributed by atoms with van der Waals surface area (Å²) in [7, 11) is 0. The number of amides is 1. The van der Waals surface area contributed by atoms with Gasteiger partial charge in [-0.25, -0.2) is 4.39 Å². The number of nitrogens with one attached hydrogen (secondary N) is 1. The van der Waals surface area contributed by atoms with Crippen molar-refractivity contribution in [2.24, 2.45) is 0 Å². The molecule has 0 spiro atoms. The quantitative estimate of drug-likeness (QED) is 0.837. The first-order valence-corrected chi connectivity index (χ1v) is 7.47. The fraction of sp³-hybridized carbons (Fsp3) is 0.533. The maximum Gasteiger partial charge on any atom is 0.222 e. The highest BCUT2D eigenvalue weighted by Gasteiger charge is 2.15. The SMILES string of the molecule is Cl.O=C1CCCCCN1CCNCc1c(F)cccc1Cl. The summed E-state index contributed by atoms with van der Waals surface area (Å²) in [6, 6.07) is 4.68. The van der Waals surface area contributed by atoms with E-state index in [4.69, 9.17) is 11.6 Å². The van der Waals surface area contributed by atoms with Gasteiger partial charge in [-0.1, -0.05) is 24.1 Å². The topological polar surface area (TPSA) is 32.3 Å². The van der Waals surface area contributed by atoms with Crippen molar-refractivity contribution in [3.05, 3.63) is 34.6 Å². The lowest BCUT2D eigenvalue weighted by Gasteiger charge is -2.20. The Morgan fingerprint density at radius 2 is 2.10 bits per heavy atom. The minimum Gasteiger partial charge on any atom is -0.341 e. The van der Waals surface area contributed by atoms with Crippen LogP contribution in [0.5, 0.6) is 0 Å². The average Bonchev–Trinajstić information content (AvgIpc) is 2.62. The first kappa shape index (κ1) is 18.2. The summed E-state index contributed by atoms with van der Waals surface area (Å²) in [6.07, 6.45) is 3.85. The highest BCUT2D eigenvalue weighted by Crippen LogP contribution is 2.18. The minimum absolute atomic E-state index is 0. The van der Waals surface area contributed by atoms with E-state index in [2.05, 4.69) is 5.32 Å². The van der Waals surface area contributed by atoms with Crippen molar-refractivity contribution in [1.82, 2.24) is 10.2 Å². The number of likely N-dealkylation sites (tertiary alicyclic amines) is 1. The summed E-state index contributed by atoms with van der Waals surface area (Å²) in [6.45, 7) is 2.54. The Kier molecular flexibility index (Phi) is 8.01. The van der Waals surface area contributed by atoms with Crippen molar-refractivity contribution in [2.75, 3.05) is 19.6 Å². The summed E-state index contributed by atoms with van der Waals surface area (Å²) in [5.41, 5.74) is 0.483. The molecule has 1 aromatic rings. The average molecular weight is 335 g/mol.